The average molecular weight is 652 g/mol. The van der Waals surface area contributed by atoms with E-state index in [0.717, 1.165) is 11.6 Å². The van der Waals surface area contributed by atoms with Crippen molar-refractivity contribution in [3.8, 4) is 5.75 Å². The van der Waals surface area contributed by atoms with Gasteiger partial charge in [0.25, 0.3) is 0 Å². The Morgan fingerprint density at radius 2 is 1.78 bits per heavy atom. The van der Waals surface area contributed by atoms with Crippen molar-refractivity contribution < 1.29 is 53.7 Å². The molecule has 13 nitrogen and oxygen atoms in total. The second kappa shape index (κ2) is 14.2. The van der Waals surface area contributed by atoms with Gasteiger partial charge in [-0.1, -0.05) is 35.9 Å². The maximum Gasteiger partial charge on any atom is 0.247 e. The monoisotopic (exact) mass is 651 g/mol. The highest BCUT2D eigenvalue weighted by Gasteiger charge is 2.53. The van der Waals surface area contributed by atoms with Crippen molar-refractivity contribution in [1.29, 1.82) is 0 Å². The van der Waals surface area contributed by atoms with Crippen LogP contribution in [0.1, 0.15) is 25.0 Å². The lowest BCUT2D eigenvalue weighted by molar-refractivity contribution is -0.155. The van der Waals surface area contributed by atoms with Gasteiger partial charge in [-0.15, -0.1) is 0 Å². The van der Waals surface area contributed by atoms with Crippen LogP contribution >= 0.6 is 11.6 Å². The highest BCUT2D eigenvalue weighted by molar-refractivity contribution is 6.31. The summed E-state index contributed by atoms with van der Waals surface area (Å²) in [5.41, 5.74) is 1.16. The number of nitrogens with zero attached hydrogens (tertiary/aromatic N) is 2. The highest BCUT2D eigenvalue weighted by atomic mass is 35.5. The van der Waals surface area contributed by atoms with Gasteiger partial charge < -0.3 is 49.8 Å². The van der Waals surface area contributed by atoms with Crippen molar-refractivity contribution in [2.45, 2.75) is 87.6 Å². The molecule has 1 aliphatic carbocycles. The number of rotatable bonds is 9. The van der Waals surface area contributed by atoms with E-state index in [9.17, 15) is 30.3 Å². The molecule has 15 heteroatoms. The fourth-order valence-corrected chi connectivity index (χ4v) is 5.67. The van der Waals surface area contributed by atoms with E-state index in [-0.39, 0.29) is 30.2 Å². The van der Waals surface area contributed by atoms with Gasteiger partial charge in [-0.05, 0) is 49.2 Å². The van der Waals surface area contributed by atoms with E-state index in [1.807, 2.05) is 12.1 Å². The minimum atomic E-state index is -1.51. The van der Waals surface area contributed by atoms with E-state index in [4.69, 9.17) is 30.5 Å². The van der Waals surface area contributed by atoms with E-state index >= 15 is 4.39 Å². The molecule has 2 aromatic carbocycles. The fraction of sp³-hybridized carbons (Fsp3) is 0.500. The zero-order valence-electron chi connectivity index (χ0n) is 24.3. The number of halogens is 2. The third-order valence-electron chi connectivity index (χ3n) is 8.04. The Hall–Kier alpha value is -3.05. The van der Waals surface area contributed by atoms with Crippen molar-refractivity contribution in [2.24, 2.45) is 10.2 Å². The maximum absolute atomic E-state index is 15.0. The van der Waals surface area contributed by atoms with Crippen LogP contribution < -0.4 is 10.1 Å². The Bertz CT molecular complexity index is 1430. The number of carbonyl (C=O) groups excluding carboxylic acids is 1. The number of aliphatic hydroxyl groups is 5. The molecule has 5 rings (SSSR count). The first-order valence-electron chi connectivity index (χ1n) is 14.3. The molecule has 45 heavy (non-hydrogen) atoms. The van der Waals surface area contributed by atoms with Crippen LogP contribution in [0.25, 0.3) is 6.08 Å². The molecule has 1 unspecified atom stereocenters. The van der Waals surface area contributed by atoms with E-state index in [1.165, 1.54) is 25.1 Å². The second-order valence-corrected chi connectivity index (χ2v) is 11.6. The minimum Gasteiger partial charge on any atom is -0.459 e. The molecule has 0 spiro atoms. The van der Waals surface area contributed by atoms with Crippen LogP contribution in [0.2, 0.25) is 5.02 Å². The summed E-state index contributed by atoms with van der Waals surface area (Å²) in [5, 5.41) is 63.6. The largest absolute Gasteiger partial charge is 0.459 e. The molecule has 3 fully saturated rings. The molecule has 11 atom stereocenters. The van der Waals surface area contributed by atoms with Crippen LogP contribution in [-0.4, -0.2) is 105 Å². The average Bonchev–Trinajstić information content (AvgIpc) is 3.62. The minimum absolute atomic E-state index is 0.112. The number of azo groups is 1. The van der Waals surface area contributed by atoms with Gasteiger partial charge in [-0.3, -0.25) is 4.79 Å². The first kappa shape index (κ1) is 33.3. The number of ether oxygens (including phenoxy) is 4. The Morgan fingerprint density at radius 3 is 2.49 bits per heavy atom. The molecule has 0 bridgehead atoms. The number of carbonyl (C=O) groups is 1. The van der Waals surface area contributed by atoms with Crippen LogP contribution in [0.4, 0.5) is 4.39 Å². The van der Waals surface area contributed by atoms with Crippen LogP contribution in [0.5, 0.6) is 5.75 Å². The zero-order chi connectivity index (χ0) is 32.4. The Kier molecular flexibility index (Phi) is 10.5. The molecule has 1 amide bonds. The number of aliphatic hydroxyl groups excluding tert-OH is 5. The summed E-state index contributed by atoms with van der Waals surface area (Å²) < 4.78 is 36.7. The lowest BCUT2D eigenvalue weighted by atomic mass is 9.83. The second-order valence-electron chi connectivity index (χ2n) is 11.2. The van der Waals surface area contributed by atoms with Crippen LogP contribution in [0, 0.1) is 5.82 Å². The molecule has 2 aromatic rings. The molecule has 1 saturated carbocycles. The number of fused-ring (bicyclic) bond motifs is 1. The van der Waals surface area contributed by atoms with Crippen LogP contribution in [0.3, 0.4) is 0 Å². The predicted octanol–water partition coefficient (Wildman–Crippen LogP) is 1.07. The Labute approximate surface area is 262 Å². The Morgan fingerprint density at radius 1 is 1.07 bits per heavy atom. The molecule has 0 aromatic heterocycles. The lowest BCUT2D eigenvalue weighted by Gasteiger charge is -2.41. The smallest absolute Gasteiger partial charge is 0.247 e. The third-order valence-corrected chi connectivity index (χ3v) is 8.41. The van der Waals surface area contributed by atoms with Crippen molar-refractivity contribution in [3.63, 3.8) is 0 Å². The predicted molar refractivity (Wildman–Crippen MR) is 155 cm³/mol. The topological polar surface area (TPSA) is 192 Å². The van der Waals surface area contributed by atoms with E-state index < -0.39 is 78.9 Å². The van der Waals surface area contributed by atoms with Crippen molar-refractivity contribution >= 4 is 23.6 Å². The Balaban J connectivity index is 1.18. The van der Waals surface area contributed by atoms with E-state index in [1.54, 1.807) is 19.1 Å². The van der Waals surface area contributed by atoms with Gasteiger partial charge in [-0.2, -0.15) is 10.2 Å². The maximum atomic E-state index is 15.0. The molecule has 2 aliphatic heterocycles. The van der Waals surface area contributed by atoms with Gasteiger partial charge >= 0.3 is 0 Å². The third kappa shape index (κ3) is 7.19. The number of benzene rings is 2. The van der Waals surface area contributed by atoms with Crippen LogP contribution in [0.15, 0.2) is 58.3 Å². The van der Waals surface area contributed by atoms with Gasteiger partial charge in [0.1, 0.15) is 55.6 Å². The molecular formula is C30H35ClFN3O10. The van der Waals surface area contributed by atoms with Gasteiger partial charge in [0.15, 0.2) is 11.6 Å². The summed E-state index contributed by atoms with van der Waals surface area (Å²) in [7, 11) is 0. The van der Waals surface area contributed by atoms with E-state index in [2.05, 4.69) is 15.5 Å². The van der Waals surface area contributed by atoms with Gasteiger partial charge in [0.05, 0.1) is 18.6 Å². The molecule has 2 heterocycles. The van der Waals surface area contributed by atoms with Gasteiger partial charge in [-0.25, -0.2) is 4.39 Å². The van der Waals surface area contributed by atoms with Gasteiger partial charge in [0.2, 0.25) is 12.2 Å². The van der Waals surface area contributed by atoms with E-state index in [0.29, 0.717) is 5.02 Å². The first-order chi connectivity index (χ1) is 21.5. The van der Waals surface area contributed by atoms with Gasteiger partial charge in [0, 0.05) is 10.6 Å². The number of hydrogen-bond donors (Lipinski definition) is 6. The van der Waals surface area contributed by atoms with Crippen molar-refractivity contribution in [2.75, 3.05) is 6.79 Å². The number of hydrogen-bond acceptors (Lipinski definition) is 12. The highest BCUT2D eigenvalue weighted by Crippen LogP contribution is 2.31. The summed E-state index contributed by atoms with van der Waals surface area (Å²) in [5.74, 6) is -1.78. The summed E-state index contributed by atoms with van der Waals surface area (Å²) in [6.07, 6.45) is -9.97. The molecule has 0 radical (unpaired) electrons. The number of nitrogens with one attached hydrogen (secondary N) is 1. The molecule has 3 aliphatic rings. The molecule has 244 valence electrons. The summed E-state index contributed by atoms with van der Waals surface area (Å²) in [6, 6.07) is 9.07. The zero-order valence-corrected chi connectivity index (χ0v) is 25.1. The van der Waals surface area contributed by atoms with Crippen molar-refractivity contribution in [1.82, 2.24) is 5.32 Å². The number of amides is 1. The van der Waals surface area contributed by atoms with Crippen molar-refractivity contribution in [3.05, 3.63) is 70.0 Å². The summed E-state index contributed by atoms with van der Waals surface area (Å²) >= 11 is 6.13. The quantitative estimate of drug-likeness (QED) is 0.169. The van der Waals surface area contributed by atoms with Crippen LogP contribution in [-0.2, 0) is 25.5 Å². The first-order valence-corrected chi connectivity index (χ1v) is 14.7. The lowest BCUT2D eigenvalue weighted by Crippen LogP contribution is -2.67. The molecular weight excluding hydrogens is 617 g/mol. The standard InChI is InChI=1S/C30H35ClFN3O10/c1-13(29(41)34-20-21(36)23(38)28-27(22(20)37)42-12-43-28)9-15-7-8-19(18(32)10-15)44-30-25(40)24(39)26(45-30)14(2)35-33-11-16-5-3-4-6-17(16)31/h3-10,14,20-28,30,36-40H,11-12H2,1-2H3,(H,34,41)/t14?,20-,21+,22-,23-,24+,25+,26-,27+,28-,30-/m1/s1. The molecule has 6 N–H and O–H groups in total. The SMILES string of the molecule is CC(=Cc1ccc(O[C@@H]2O[C@H](C(C)N=NCc3ccccc3Cl)[C@@H](O)[C@@H]2O)c(F)c1)C(=O)N[C@@H]1[C@H](O)[C@@H](O)[C@H]2OCO[C@H]2[C@@H]1O. The normalized spacial score (nSPS) is 34.1. The summed E-state index contributed by atoms with van der Waals surface area (Å²) in [6.45, 7) is 3.14. The summed E-state index contributed by atoms with van der Waals surface area (Å²) in [4.78, 5) is 12.8. The molecule has 2 saturated heterocycles. The fourth-order valence-electron chi connectivity index (χ4n) is 5.47.